The lowest BCUT2D eigenvalue weighted by Gasteiger charge is -2.19. The molecule has 0 bridgehead atoms. The molecule has 1 heterocycles. The predicted molar refractivity (Wildman–Crippen MR) is 88.2 cm³/mol. The van der Waals surface area contributed by atoms with Gasteiger partial charge in [0.15, 0.2) is 11.5 Å². The highest BCUT2D eigenvalue weighted by molar-refractivity contribution is 5.84. The van der Waals surface area contributed by atoms with Gasteiger partial charge >= 0.3 is 0 Å². The topological polar surface area (TPSA) is 94.2 Å². The Morgan fingerprint density at radius 2 is 1.96 bits per heavy atom. The number of nitrogens with zero attached hydrogens (tertiary/aromatic N) is 2. The third kappa shape index (κ3) is 3.29. The van der Waals surface area contributed by atoms with Crippen LogP contribution < -0.4 is 9.47 Å². The van der Waals surface area contributed by atoms with Crippen LogP contribution in [0.15, 0.2) is 41.4 Å². The van der Waals surface area contributed by atoms with Crippen LogP contribution in [0.5, 0.6) is 17.2 Å². The molecule has 124 valence electrons. The number of aliphatic imine (C=N–C) groups is 1. The Kier molecular flexibility index (Phi) is 4.33. The van der Waals surface area contributed by atoms with Gasteiger partial charge in [-0.15, -0.1) is 0 Å². The number of nitro benzene ring substituents is 1. The van der Waals surface area contributed by atoms with Gasteiger partial charge in [0.25, 0.3) is 5.69 Å². The fraction of sp³-hybridized carbons (Fsp3) is 0.235. The second-order valence-electron chi connectivity index (χ2n) is 5.36. The smallest absolute Gasteiger partial charge is 0.270 e. The fourth-order valence-corrected chi connectivity index (χ4v) is 2.36. The largest absolute Gasteiger partial charge is 0.507 e. The quantitative estimate of drug-likeness (QED) is 0.528. The van der Waals surface area contributed by atoms with Gasteiger partial charge in [-0.25, -0.2) is 0 Å². The molecule has 0 fully saturated rings. The van der Waals surface area contributed by atoms with E-state index in [1.54, 1.807) is 0 Å². The maximum absolute atomic E-state index is 10.8. The summed E-state index contributed by atoms with van der Waals surface area (Å²) >= 11 is 0. The standard InChI is InChI=1S/C17H16N2O5/c1-11(12-2-5-16-17(9-12)24-7-6-23-16)18-10-13-8-14(19(21)22)3-4-15(13)20/h2-5,8-11,20H,6-7H2,1H3/t11-/m1/s1. The molecule has 2 aromatic rings. The summed E-state index contributed by atoms with van der Waals surface area (Å²) in [5.41, 5.74) is 1.12. The summed E-state index contributed by atoms with van der Waals surface area (Å²) < 4.78 is 11.0. The molecule has 0 aliphatic carbocycles. The highest BCUT2D eigenvalue weighted by Crippen LogP contribution is 2.33. The molecule has 1 N–H and O–H groups in total. The van der Waals surface area contributed by atoms with Crippen molar-refractivity contribution in [2.24, 2.45) is 4.99 Å². The summed E-state index contributed by atoms with van der Waals surface area (Å²) in [6.45, 7) is 2.93. The summed E-state index contributed by atoms with van der Waals surface area (Å²) in [5, 5.41) is 20.6. The molecule has 0 radical (unpaired) electrons. The van der Waals surface area contributed by atoms with E-state index in [0.29, 0.717) is 30.3 Å². The minimum atomic E-state index is -0.513. The number of nitro groups is 1. The molecule has 0 saturated heterocycles. The zero-order valence-corrected chi connectivity index (χ0v) is 13.0. The van der Waals surface area contributed by atoms with Crippen LogP contribution in [0, 0.1) is 10.1 Å². The van der Waals surface area contributed by atoms with Gasteiger partial charge in [0, 0.05) is 23.9 Å². The Balaban J connectivity index is 1.81. The molecule has 1 aliphatic rings. The van der Waals surface area contributed by atoms with E-state index < -0.39 is 4.92 Å². The van der Waals surface area contributed by atoms with Crippen LogP contribution in [0.3, 0.4) is 0 Å². The molecule has 7 heteroatoms. The summed E-state index contributed by atoms with van der Waals surface area (Å²) in [4.78, 5) is 14.7. The van der Waals surface area contributed by atoms with E-state index in [4.69, 9.17) is 9.47 Å². The molecule has 0 amide bonds. The number of rotatable bonds is 4. The number of phenolic OH excluding ortho intramolecular Hbond substituents is 1. The summed E-state index contributed by atoms with van der Waals surface area (Å²) in [5.74, 6) is 1.33. The van der Waals surface area contributed by atoms with Crippen molar-refractivity contribution in [3.63, 3.8) is 0 Å². The number of ether oxygens (including phenoxy) is 2. The Morgan fingerprint density at radius 1 is 1.21 bits per heavy atom. The molecule has 1 atom stereocenters. The van der Waals surface area contributed by atoms with Gasteiger partial charge in [0.2, 0.25) is 0 Å². The van der Waals surface area contributed by atoms with Crippen molar-refractivity contribution in [1.82, 2.24) is 0 Å². The van der Waals surface area contributed by atoms with Crippen molar-refractivity contribution in [2.45, 2.75) is 13.0 Å². The molecule has 1 aliphatic heterocycles. The molecule has 0 aromatic heterocycles. The van der Waals surface area contributed by atoms with E-state index in [0.717, 1.165) is 5.56 Å². The number of aromatic hydroxyl groups is 1. The zero-order chi connectivity index (χ0) is 17.1. The van der Waals surface area contributed by atoms with E-state index in [1.165, 1.54) is 24.4 Å². The van der Waals surface area contributed by atoms with Crippen LogP contribution in [0.2, 0.25) is 0 Å². The van der Waals surface area contributed by atoms with Gasteiger partial charge in [-0.1, -0.05) is 6.07 Å². The molecule has 3 rings (SSSR count). The first kappa shape index (κ1) is 15.8. The Bertz CT molecular complexity index is 804. The first-order valence-corrected chi connectivity index (χ1v) is 7.45. The Hall–Kier alpha value is -3.09. The number of hydrogen-bond acceptors (Lipinski definition) is 6. The third-order valence-corrected chi connectivity index (χ3v) is 3.71. The maximum Gasteiger partial charge on any atom is 0.270 e. The van der Waals surface area contributed by atoms with Gasteiger partial charge in [-0.05, 0) is 30.7 Å². The van der Waals surface area contributed by atoms with Gasteiger partial charge < -0.3 is 14.6 Å². The third-order valence-electron chi connectivity index (χ3n) is 3.71. The van der Waals surface area contributed by atoms with Crippen molar-refractivity contribution in [1.29, 1.82) is 0 Å². The van der Waals surface area contributed by atoms with Crippen LogP contribution in [0.1, 0.15) is 24.1 Å². The molecular formula is C17H16N2O5. The SMILES string of the molecule is C[C@@H](N=Cc1cc([N+](=O)[O-])ccc1O)c1ccc2c(c1)OCCO2. The summed E-state index contributed by atoms with van der Waals surface area (Å²) in [7, 11) is 0. The second-order valence-corrected chi connectivity index (χ2v) is 5.36. The van der Waals surface area contributed by atoms with Crippen LogP contribution in [-0.2, 0) is 0 Å². The Labute approximate surface area is 138 Å². The minimum Gasteiger partial charge on any atom is -0.507 e. The van der Waals surface area contributed by atoms with Crippen molar-refractivity contribution in [3.8, 4) is 17.2 Å². The molecule has 2 aromatic carbocycles. The van der Waals surface area contributed by atoms with Crippen molar-refractivity contribution in [3.05, 3.63) is 57.6 Å². The fourth-order valence-electron chi connectivity index (χ4n) is 2.36. The van der Waals surface area contributed by atoms with Gasteiger partial charge in [-0.3, -0.25) is 15.1 Å². The normalized spacial score (nSPS) is 14.5. The molecule has 0 spiro atoms. The van der Waals surface area contributed by atoms with Crippen molar-refractivity contribution < 1.29 is 19.5 Å². The number of phenols is 1. The molecule has 24 heavy (non-hydrogen) atoms. The number of fused-ring (bicyclic) bond motifs is 1. The number of hydrogen-bond donors (Lipinski definition) is 1. The highest BCUT2D eigenvalue weighted by atomic mass is 16.6. The van der Waals surface area contributed by atoms with Gasteiger partial charge in [-0.2, -0.15) is 0 Å². The van der Waals surface area contributed by atoms with E-state index in [9.17, 15) is 15.2 Å². The van der Waals surface area contributed by atoms with Crippen LogP contribution in [-0.4, -0.2) is 29.5 Å². The predicted octanol–water partition coefficient (Wildman–Crippen LogP) is 3.25. The van der Waals surface area contributed by atoms with Crippen LogP contribution >= 0.6 is 0 Å². The first-order valence-electron chi connectivity index (χ1n) is 7.45. The molecule has 0 saturated carbocycles. The monoisotopic (exact) mass is 328 g/mol. The summed E-state index contributed by atoms with van der Waals surface area (Å²) in [6, 6.07) is 9.20. The lowest BCUT2D eigenvalue weighted by Crippen LogP contribution is -2.15. The minimum absolute atomic E-state index is 0.0567. The van der Waals surface area contributed by atoms with Crippen molar-refractivity contribution in [2.75, 3.05) is 13.2 Å². The van der Waals surface area contributed by atoms with Crippen LogP contribution in [0.25, 0.3) is 0 Å². The summed E-state index contributed by atoms with van der Waals surface area (Å²) in [6.07, 6.45) is 1.43. The molecule has 7 nitrogen and oxygen atoms in total. The van der Waals surface area contributed by atoms with E-state index in [-0.39, 0.29) is 17.5 Å². The number of non-ortho nitro benzene ring substituents is 1. The maximum atomic E-state index is 10.8. The van der Waals surface area contributed by atoms with Crippen molar-refractivity contribution >= 4 is 11.9 Å². The first-order chi connectivity index (χ1) is 11.5. The lowest BCUT2D eigenvalue weighted by molar-refractivity contribution is -0.384. The molecular weight excluding hydrogens is 312 g/mol. The van der Waals surface area contributed by atoms with E-state index in [2.05, 4.69) is 4.99 Å². The van der Waals surface area contributed by atoms with E-state index >= 15 is 0 Å². The second kappa shape index (κ2) is 6.57. The average molecular weight is 328 g/mol. The van der Waals surface area contributed by atoms with E-state index in [1.807, 2.05) is 25.1 Å². The average Bonchev–Trinajstić information content (AvgIpc) is 2.60. The number of benzene rings is 2. The zero-order valence-electron chi connectivity index (χ0n) is 13.0. The molecule has 0 unspecified atom stereocenters. The lowest BCUT2D eigenvalue weighted by atomic mass is 10.1. The Morgan fingerprint density at radius 3 is 2.71 bits per heavy atom. The van der Waals surface area contributed by atoms with Gasteiger partial charge in [0.05, 0.1) is 11.0 Å². The van der Waals surface area contributed by atoms with Crippen LogP contribution in [0.4, 0.5) is 5.69 Å². The highest BCUT2D eigenvalue weighted by Gasteiger charge is 2.14. The van der Waals surface area contributed by atoms with Gasteiger partial charge in [0.1, 0.15) is 19.0 Å².